The Kier molecular flexibility index (Phi) is 3.96. The van der Waals surface area contributed by atoms with Gasteiger partial charge in [-0.25, -0.2) is 4.21 Å². The van der Waals surface area contributed by atoms with Crippen molar-refractivity contribution in [2.75, 3.05) is 0 Å². The van der Waals surface area contributed by atoms with Crippen LogP contribution in [0.4, 0.5) is 0 Å². The Morgan fingerprint density at radius 3 is 2.83 bits per heavy atom. The van der Waals surface area contributed by atoms with Gasteiger partial charge in [0, 0.05) is 11.3 Å². The molecule has 0 saturated heterocycles. The van der Waals surface area contributed by atoms with Gasteiger partial charge in [-0.3, -0.25) is 0 Å². The van der Waals surface area contributed by atoms with Gasteiger partial charge in [0.25, 0.3) is 0 Å². The quantitative estimate of drug-likeness (QED) is 0.532. The van der Waals surface area contributed by atoms with E-state index in [2.05, 4.69) is 0 Å². The van der Waals surface area contributed by atoms with Gasteiger partial charge in [0.15, 0.2) is 16.5 Å². The van der Waals surface area contributed by atoms with Gasteiger partial charge in [0.05, 0.1) is 0 Å². The molecule has 0 spiro atoms. The van der Waals surface area contributed by atoms with Crippen molar-refractivity contribution in [3.63, 3.8) is 0 Å². The standard InChI is InChI=1S/C7H12ClO3S/c8-6-4-2-1-3-5(6)7(9)12(10)11/h4-7,9H,1-3H2,(H,10,11). The lowest BCUT2D eigenvalue weighted by Gasteiger charge is -2.28. The van der Waals surface area contributed by atoms with Crippen molar-refractivity contribution in [2.24, 2.45) is 5.92 Å². The lowest BCUT2D eigenvalue weighted by molar-refractivity contribution is 0.162. The van der Waals surface area contributed by atoms with Crippen LogP contribution in [0.5, 0.6) is 0 Å². The summed E-state index contributed by atoms with van der Waals surface area (Å²) in [6.45, 7) is 0. The predicted octanol–water partition coefficient (Wildman–Crippen LogP) is 1.14. The maximum Gasteiger partial charge on any atom is 0.182 e. The zero-order valence-electron chi connectivity index (χ0n) is 6.52. The monoisotopic (exact) mass is 211 g/mol. The Labute approximate surface area is 79.4 Å². The van der Waals surface area contributed by atoms with Crippen LogP contribution in [0.1, 0.15) is 19.3 Å². The molecule has 0 amide bonds. The van der Waals surface area contributed by atoms with E-state index in [-0.39, 0.29) is 11.3 Å². The smallest absolute Gasteiger partial charge is 0.182 e. The molecule has 0 aromatic carbocycles. The fraction of sp³-hybridized carbons (Fsp3) is 0.857. The summed E-state index contributed by atoms with van der Waals surface area (Å²) in [5, 5.41) is 8.99. The Bertz CT molecular complexity index is 176. The van der Waals surface area contributed by atoms with E-state index in [0.717, 1.165) is 19.3 Å². The lowest BCUT2D eigenvalue weighted by Crippen LogP contribution is -2.34. The molecule has 12 heavy (non-hydrogen) atoms. The van der Waals surface area contributed by atoms with Crippen LogP contribution in [0, 0.1) is 12.3 Å². The zero-order valence-corrected chi connectivity index (χ0v) is 8.09. The highest BCUT2D eigenvalue weighted by Crippen LogP contribution is 2.31. The first kappa shape index (κ1) is 10.4. The molecule has 0 aromatic heterocycles. The van der Waals surface area contributed by atoms with Crippen LogP contribution in [0.15, 0.2) is 0 Å². The fourth-order valence-electron chi connectivity index (χ4n) is 1.41. The van der Waals surface area contributed by atoms with E-state index in [1.54, 1.807) is 0 Å². The highest BCUT2D eigenvalue weighted by atomic mass is 35.5. The van der Waals surface area contributed by atoms with E-state index < -0.39 is 16.5 Å². The second kappa shape index (κ2) is 4.56. The number of hydrogen-bond acceptors (Lipinski definition) is 2. The summed E-state index contributed by atoms with van der Waals surface area (Å²) in [5.74, 6) is -0.272. The summed E-state index contributed by atoms with van der Waals surface area (Å²) >= 11 is 3.68. The van der Waals surface area contributed by atoms with E-state index in [4.69, 9.17) is 16.2 Å². The fourth-order valence-corrected chi connectivity index (χ4v) is 2.49. The zero-order chi connectivity index (χ0) is 9.14. The molecule has 1 radical (unpaired) electrons. The highest BCUT2D eigenvalue weighted by Gasteiger charge is 2.32. The van der Waals surface area contributed by atoms with Crippen molar-refractivity contribution in [3.8, 4) is 0 Å². The Hall–Kier alpha value is 0.360. The summed E-state index contributed by atoms with van der Waals surface area (Å²) in [7, 11) is 0. The van der Waals surface area contributed by atoms with Gasteiger partial charge in [0.2, 0.25) is 0 Å². The van der Waals surface area contributed by atoms with Gasteiger partial charge < -0.3 is 9.66 Å². The largest absolute Gasteiger partial charge is 0.377 e. The van der Waals surface area contributed by atoms with Gasteiger partial charge in [-0.15, -0.1) is 11.6 Å². The molecule has 71 valence electrons. The summed E-state index contributed by atoms with van der Waals surface area (Å²) in [6.07, 6.45) is 4.46. The third-order valence-electron chi connectivity index (χ3n) is 2.12. The Morgan fingerprint density at radius 1 is 1.67 bits per heavy atom. The second-order valence-corrected chi connectivity index (χ2v) is 4.48. The van der Waals surface area contributed by atoms with E-state index in [9.17, 15) is 9.32 Å². The van der Waals surface area contributed by atoms with Gasteiger partial charge in [-0.2, -0.15) is 0 Å². The minimum Gasteiger partial charge on any atom is -0.377 e. The van der Waals surface area contributed by atoms with Crippen LogP contribution in [0.25, 0.3) is 0 Å². The average molecular weight is 212 g/mol. The number of hydrogen-bond donors (Lipinski definition) is 2. The van der Waals surface area contributed by atoms with Crippen LogP contribution >= 0.6 is 11.6 Å². The molecule has 1 saturated carbocycles. The van der Waals surface area contributed by atoms with Gasteiger partial charge in [-0.1, -0.05) is 6.42 Å². The molecule has 0 aromatic rings. The number of aliphatic hydroxyl groups excluding tert-OH is 1. The van der Waals surface area contributed by atoms with Crippen LogP contribution < -0.4 is 0 Å². The molecule has 0 aliphatic heterocycles. The molecule has 1 fully saturated rings. The van der Waals surface area contributed by atoms with E-state index in [1.807, 2.05) is 6.42 Å². The topological polar surface area (TPSA) is 57.5 Å². The maximum atomic E-state index is 10.5. The molecule has 1 rings (SSSR count). The number of halogens is 1. The minimum atomic E-state index is -2.18. The van der Waals surface area contributed by atoms with Crippen molar-refractivity contribution in [3.05, 3.63) is 6.42 Å². The SMILES string of the molecule is O=S(O)C(O)C1CCC[CH]C1Cl. The lowest BCUT2D eigenvalue weighted by atomic mass is 9.89. The van der Waals surface area contributed by atoms with Crippen LogP contribution in [0.2, 0.25) is 0 Å². The normalized spacial score (nSPS) is 35.9. The van der Waals surface area contributed by atoms with Crippen molar-refractivity contribution in [1.82, 2.24) is 0 Å². The van der Waals surface area contributed by atoms with Crippen LogP contribution in [-0.4, -0.2) is 24.7 Å². The van der Waals surface area contributed by atoms with Gasteiger partial charge in [-0.05, 0) is 19.3 Å². The second-order valence-electron chi connectivity index (χ2n) is 2.94. The predicted molar refractivity (Wildman–Crippen MR) is 48.1 cm³/mol. The molecule has 0 heterocycles. The first-order chi connectivity index (χ1) is 5.63. The Morgan fingerprint density at radius 2 is 2.33 bits per heavy atom. The molecular weight excluding hydrogens is 200 g/mol. The third kappa shape index (κ3) is 2.42. The first-order valence-corrected chi connectivity index (χ1v) is 5.48. The van der Waals surface area contributed by atoms with Gasteiger partial charge in [0.1, 0.15) is 0 Å². The van der Waals surface area contributed by atoms with E-state index in [0.29, 0.717) is 0 Å². The van der Waals surface area contributed by atoms with E-state index in [1.165, 1.54) is 0 Å². The number of rotatable bonds is 2. The summed E-state index contributed by atoms with van der Waals surface area (Å²) in [4.78, 5) is 0. The minimum absolute atomic E-state index is 0.272. The Balaban J connectivity index is 2.53. The summed E-state index contributed by atoms with van der Waals surface area (Å²) in [5.41, 5.74) is -1.20. The highest BCUT2D eigenvalue weighted by molar-refractivity contribution is 7.79. The molecular formula is C7H12ClO3S. The van der Waals surface area contributed by atoms with E-state index >= 15 is 0 Å². The van der Waals surface area contributed by atoms with Crippen molar-refractivity contribution in [2.45, 2.75) is 30.1 Å². The number of alkyl halides is 1. The molecule has 0 bridgehead atoms. The third-order valence-corrected chi connectivity index (χ3v) is 3.38. The van der Waals surface area contributed by atoms with Gasteiger partial charge >= 0.3 is 0 Å². The molecule has 3 nitrogen and oxygen atoms in total. The first-order valence-electron chi connectivity index (χ1n) is 3.88. The van der Waals surface area contributed by atoms with Crippen molar-refractivity contribution in [1.29, 1.82) is 0 Å². The van der Waals surface area contributed by atoms with Crippen molar-refractivity contribution < 1.29 is 13.9 Å². The molecule has 2 N–H and O–H groups in total. The molecule has 1 aliphatic rings. The number of aliphatic hydroxyl groups is 1. The van der Waals surface area contributed by atoms with Crippen LogP contribution in [0.3, 0.4) is 0 Å². The van der Waals surface area contributed by atoms with Crippen LogP contribution in [-0.2, 0) is 11.1 Å². The van der Waals surface area contributed by atoms with Crippen molar-refractivity contribution >= 4 is 22.7 Å². The molecule has 4 unspecified atom stereocenters. The summed E-state index contributed by atoms with van der Waals surface area (Å²) in [6, 6.07) is 0. The summed E-state index contributed by atoms with van der Waals surface area (Å²) < 4.78 is 19.2. The molecule has 4 atom stereocenters. The average Bonchev–Trinajstić information content (AvgIpc) is 2.04. The maximum absolute atomic E-state index is 10.5. The molecule has 5 heteroatoms. The molecule has 1 aliphatic carbocycles.